The minimum absolute atomic E-state index is 0.364. The second-order valence-corrected chi connectivity index (χ2v) is 14.8. The fourth-order valence-electron chi connectivity index (χ4n) is 4.87. The van der Waals surface area contributed by atoms with Gasteiger partial charge in [0.05, 0.1) is 18.8 Å². The highest BCUT2D eigenvalue weighted by molar-refractivity contribution is 6.69. The zero-order chi connectivity index (χ0) is 21.4. The van der Waals surface area contributed by atoms with Crippen LogP contribution in [0.5, 0.6) is 0 Å². The van der Waals surface area contributed by atoms with Crippen LogP contribution in [0.4, 0.5) is 0 Å². The molecule has 1 N–H and O–H groups in total. The zero-order valence-corrected chi connectivity index (χ0v) is 20.7. The first-order valence-electron chi connectivity index (χ1n) is 12.0. The van der Waals surface area contributed by atoms with E-state index < -0.39 is 13.9 Å². The number of ether oxygens (including phenoxy) is 2. The maximum atomic E-state index is 10.5. The molecule has 1 spiro atoms. The van der Waals surface area contributed by atoms with Crippen LogP contribution in [-0.4, -0.2) is 44.6 Å². The third-order valence-electron chi connectivity index (χ3n) is 6.34. The predicted molar refractivity (Wildman–Crippen MR) is 123 cm³/mol. The number of rotatable bonds is 13. The van der Waals surface area contributed by atoms with E-state index >= 15 is 0 Å². The molecule has 1 saturated carbocycles. The summed E-state index contributed by atoms with van der Waals surface area (Å²) in [6, 6.07) is 0. The lowest BCUT2D eigenvalue weighted by atomic mass is 9.86. The normalized spacial score (nSPS) is 26.6. The topological polar surface area (TPSA) is 47.9 Å². The number of hydrogen-bond acceptors (Lipinski definition) is 4. The summed E-state index contributed by atoms with van der Waals surface area (Å²) >= 11 is 0. The third kappa shape index (κ3) is 8.45. The summed E-state index contributed by atoms with van der Waals surface area (Å²) in [7, 11) is -1.36. The first-order chi connectivity index (χ1) is 13.7. The maximum absolute atomic E-state index is 10.5. The average Bonchev–Trinajstić information content (AvgIpc) is 3.23. The van der Waals surface area contributed by atoms with Crippen LogP contribution in [0.1, 0.15) is 78.1 Å². The molecule has 2 rings (SSSR count). The van der Waals surface area contributed by atoms with E-state index in [1.807, 2.05) is 13.0 Å². The van der Waals surface area contributed by atoms with Gasteiger partial charge in [0, 0.05) is 18.9 Å². The summed E-state index contributed by atoms with van der Waals surface area (Å²) in [5.74, 6) is 0.493. The molecule has 2 fully saturated rings. The van der Waals surface area contributed by atoms with Crippen molar-refractivity contribution in [3.05, 3.63) is 12.2 Å². The van der Waals surface area contributed by atoms with Gasteiger partial charge in [-0.05, 0) is 58.2 Å². The molecule has 170 valence electrons. The Kier molecular flexibility index (Phi) is 9.87. The molecule has 0 radical (unpaired) electrons. The van der Waals surface area contributed by atoms with Crippen molar-refractivity contribution in [2.75, 3.05) is 19.8 Å². The van der Waals surface area contributed by atoms with Gasteiger partial charge in [0.1, 0.15) is 0 Å². The zero-order valence-electron chi connectivity index (χ0n) is 19.7. The Labute approximate surface area is 180 Å². The van der Waals surface area contributed by atoms with Crippen molar-refractivity contribution in [3.8, 4) is 0 Å². The highest BCUT2D eigenvalue weighted by atomic mass is 28.4. The molecule has 1 aliphatic heterocycles. The summed E-state index contributed by atoms with van der Waals surface area (Å²) < 4.78 is 18.2. The molecule has 5 heteroatoms. The smallest absolute Gasteiger partial charge is 0.183 e. The van der Waals surface area contributed by atoms with E-state index in [2.05, 4.69) is 32.6 Å². The highest BCUT2D eigenvalue weighted by Gasteiger charge is 2.51. The van der Waals surface area contributed by atoms with E-state index in [4.69, 9.17) is 13.9 Å². The van der Waals surface area contributed by atoms with E-state index in [1.165, 1.54) is 32.1 Å². The van der Waals surface area contributed by atoms with E-state index in [9.17, 15) is 5.11 Å². The van der Waals surface area contributed by atoms with E-state index in [1.54, 1.807) is 0 Å². The lowest BCUT2D eigenvalue weighted by Crippen LogP contribution is -2.36. The van der Waals surface area contributed by atoms with Gasteiger partial charge in [-0.3, -0.25) is 0 Å². The molecule has 0 amide bonds. The van der Waals surface area contributed by atoms with Crippen molar-refractivity contribution in [1.82, 2.24) is 0 Å². The number of hydrogen-bond donors (Lipinski definition) is 1. The minimum Gasteiger partial charge on any atom is -0.418 e. The van der Waals surface area contributed by atoms with Crippen molar-refractivity contribution in [3.63, 3.8) is 0 Å². The summed E-state index contributed by atoms with van der Waals surface area (Å²) in [6.07, 6.45) is 15.5. The van der Waals surface area contributed by atoms with Gasteiger partial charge < -0.3 is 19.0 Å². The molecule has 0 bridgehead atoms. The quantitative estimate of drug-likeness (QED) is 0.221. The van der Waals surface area contributed by atoms with Gasteiger partial charge in [0.25, 0.3) is 0 Å². The van der Waals surface area contributed by atoms with E-state index in [0.717, 1.165) is 51.9 Å². The second-order valence-electron chi connectivity index (χ2n) is 10.3. The first-order valence-corrected chi connectivity index (χ1v) is 15.4. The Bertz CT molecular complexity index is 492. The van der Waals surface area contributed by atoms with Gasteiger partial charge >= 0.3 is 0 Å². The van der Waals surface area contributed by atoms with Gasteiger partial charge in [-0.15, -0.1) is 0 Å². The third-order valence-corrected chi connectivity index (χ3v) is 7.41. The van der Waals surface area contributed by atoms with Crippen molar-refractivity contribution in [2.24, 2.45) is 11.8 Å². The Morgan fingerprint density at radius 3 is 2.41 bits per heavy atom. The van der Waals surface area contributed by atoms with Gasteiger partial charge in [0.15, 0.2) is 14.1 Å². The largest absolute Gasteiger partial charge is 0.418 e. The summed E-state index contributed by atoms with van der Waals surface area (Å²) in [4.78, 5) is 0. The average molecular weight is 427 g/mol. The van der Waals surface area contributed by atoms with Crippen LogP contribution in [0, 0.1) is 11.8 Å². The fraction of sp³-hybridized carbons (Fsp3) is 0.917. The summed E-state index contributed by atoms with van der Waals surface area (Å²) in [5, 5.41) is 10.5. The van der Waals surface area contributed by atoms with Crippen molar-refractivity contribution in [1.29, 1.82) is 0 Å². The monoisotopic (exact) mass is 426 g/mol. The van der Waals surface area contributed by atoms with Crippen LogP contribution in [0.15, 0.2) is 12.2 Å². The van der Waals surface area contributed by atoms with Crippen LogP contribution in [0.2, 0.25) is 19.6 Å². The fourth-order valence-corrected chi connectivity index (χ4v) is 5.63. The van der Waals surface area contributed by atoms with E-state index in [0.29, 0.717) is 11.8 Å². The minimum atomic E-state index is -1.36. The Morgan fingerprint density at radius 2 is 1.76 bits per heavy atom. The molecule has 0 aromatic carbocycles. The molecule has 29 heavy (non-hydrogen) atoms. The standard InChI is InChI=1S/C24H46O4Si/c1-6-15-23(2,25)16-13-21-14-17-24(26-19-20-27-24)22(21)12-10-8-7-9-11-18-28-29(3,4)5/h13,16,21-22,25H,6-12,14-15,17-20H2,1-5H3. The predicted octanol–water partition coefficient (Wildman–Crippen LogP) is 6.06. The molecule has 1 saturated heterocycles. The van der Waals surface area contributed by atoms with Crippen LogP contribution in [0.25, 0.3) is 0 Å². The lowest BCUT2D eigenvalue weighted by molar-refractivity contribution is -0.186. The Balaban J connectivity index is 1.78. The molecule has 1 heterocycles. The van der Waals surface area contributed by atoms with Gasteiger partial charge in [-0.2, -0.15) is 0 Å². The second kappa shape index (κ2) is 11.4. The molecule has 2 aliphatic rings. The van der Waals surface area contributed by atoms with Gasteiger partial charge in [-0.25, -0.2) is 0 Å². The van der Waals surface area contributed by atoms with Crippen LogP contribution in [-0.2, 0) is 13.9 Å². The summed E-state index contributed by atoms with van der Waals surface area (Å²) in [6.45, 7) is 13.2. The molecule has 4 nitrogen and oxygen atoms in total. The lowest BCUT2D eigenvalue weighted by Gasteiger charge is -2.32. The molecule has 0 aromatic heterocycles. The maximum Gasteiger partial charge on any atom is 0.183 e. The number of unbranched alkanes of at least 4 members (excludes halogenated alkanes) is 4. The number of aliphatic hydroxyl groups is 1. The summed E-state index contributed by atoms with van der Waals surface area (Å²) in [5.41, 5.74) is -0.704. The Morgan fingerprint density at radius 1 is 1.10 bits per heavy atom. The van der Waals surface area contributed by atoms with Crippen LogP contribution < -0.4 is 0 Å². The first kappa shape index (κ1) is 25.1. The number of allylic oxidation sites excluding steroid dienone is 1. The molecule has 3 atom stereocenters. The van der Waals surface area contributed by atoms with Crippen LogP contribution in [0.3, 0.4) is 0 Å². The SMILES string of the molecule is CCCC(C)(O)C=CC1CCC2(OCCO2)C1CCCCCCCO[Si](C)(C)C. The van der Waals surface area contributed by atoms with Crippen LogP contribution >= 0.6 is 0 Å². The highest BCUT2D eigenvalue weighted by Crippen LogP contribution is 2.49. The van der Waals surface area contributed by atoms with Gasteiger partial charge in [-0.1, -0.05) is 51.2 Å². The van der Waals surface area contributed by atoms with Crippen molar-refractivity contribution in [2.45, 2.75) is 109 Å². The van der Waals surface area contributed by atoms with E-state index in [-0.39, 0.29) is 5.79 Å². The molecule has 3 unspecified atom stereocenters. The molecule has 0 aromatic rings. The molecular formula is C24H46O4Si. The van der Waals surface area contributed by atoms with Gasteiger partial charge in [0.2, 0.25) is 0 Å². The van der Waals surface area contributed by atoms with Crippen molar-refractivity contribution < 1.29 is 19.0 Å². The molecular weight excluding hydrogens is 380 g/mol. The molecule has 1 aliphatic carbocycles. The Hall–Kier alpha value is -0.203. The van der Waals surface area contributed by atoms with Crippen molar-refractivity contribution >= 4 is 8.32 Å².